The van der Waals surface area contributed by atoms with Gasteiger partial charge in [-0.3, -0.25) is 14.4 Å². The summed E-state index contributed by atoms with van der Waals surface area (Å²) in [4.78, 5) is 13.2. The summed E-state index contributed by atoms with van der Waals surface area (Å²) in [6.07, 6.45) is 0. The number of benzene rings is 3. The first-order valence-electron chi connectivity index (χ1n) is 11.0. The number of amides is 1. The fraction of sp³-hybridized carbons (Fsp3) is 0.192. The molecule has 0 unspecified atom stereocenters. The lowest BCUT2D eigenvalue weighted by Gasteiger charge is -2.26. The van der Waals surface area contributed by atoms with E-state index in [1.807, 2.05) is 58.0 Å². The van der Waals surface area contributed by atoms with Crippen LogP contribution in [0.25, 0.3) is 10.6 Å². The summed E-state index contributed by atoms with van der Waals surface area (Å²) in [6.45, 7) is 7.24. The molecule has 7 nitrogen and oxygen atoms in total. The quantitative estimate of drug-likeness (QED) is 0.369. The van der Waals surface area contributed by atoms with Crippen molar-refractivity contribution in [2.24, 2.45) is 0 Å². The van der Waals surface area contributed by atoms with Crippen molar-refractivity contribution in [2.75, 3.05) is 16.2 Å². The van der Waals surface area contributed by atoms with Crippen LogP contribution in [0.15, 0.2) is 71.6 Å². The van der Waals surface area contributed by atoms with E-state index in [0.29, 0.717) is 15.8 Å². The average Bonchev–Trinajstić information content (AvgIpc) is 3.28. The zero-order valence-corrected chi connectivity index (χ0v) is 21.6. The fourth-order valence-electron chi connectivity index (χ4n) is 3.52. The van der Waals surface area contributed by atoms with Crippen LogP contribution in [-0.4, -0.2) is 31.1 Å². The fourth-order valence-corrected chi connectivity index (χ4v) is 5.76. The van der Waals surface area contributed by atoms with Crippen LogP contribution < -0.4 is 9.62 Å². The van der Waals surface area contributed by atoms with Crippen molar-refractivity contribution >= 4 is 38.1 Å². The molecule has 0 saturated heterocycles. The van der Waals surface area contributed by atoms with Gasteiger partial charge in [0.25, 0.3) is 10.0 Å². The number of nitrogens with one attached hydrogen (secondary N) is 1. The molecule has 1 heterocycles. The van der Waals surface area contributed by atoms with Crippen molar-refractivity contribution in [1.29, 1.82) is 0 Å². The highest BCUT2D eigenvalue weighted by molar-refractivity contribution is 7.92. The standard InChI is InChI=1S/C26H26N4O3S2/c1-17-8-12-21(13-9-17)25-28-29-26(34-25)27-24(31)16-30(23-7-5-6-19(3)20(23)4)35(32,33)22-14-10-18(2)11-15-22/h5-15H,16H2,1-4H3,(H,27,29,31). The summed E-state index contributed by atoms with van der Waals surface area (Å²) >= 11 is 1.23. The molecular formula is C26H26N4O3S2. The zero-order valence-electron chi connectivity index (χ0n) is 19.9. The number of nitrogens with zero attached hydrogens (tertiary/aromatic N) is 3. The molecule has 4 rings (SSSR count). The molecule has 1 aromatic heterocycles. The van der Waals surface area contributed by atoms with Gasteiger partial charge in [-0.2, -0.15) is 0 Å². The molecule has 4 aromatic rings. The Morgan fingerprint density at radius 2 is 1.51 bits per heavy atom. The molecule has 0 aliphatic rings. The second-order valence-corrected chi connectivity index (χ2v) is 11.2. The van der Waals surface area contributed by atoms with Gasteiger partial charge in [0, 0.05) is 5.56 Å². The molecule has 0 spiro atoms. The van der Waals surface area contributed by atoms with Crippen LogP contribution in [0.2, 0.25) is 0 Å². The maximum absolute atomic E-state index is 13.6. The predicted molar refractivity (Wildman–Crippen MR) is 140 cm³/mol. The van der Waals surface area contributed by atoms with Crippen LogP contribution in [0.4, 0.5) is 10.8 Å². The van der Waals surface area contributed by atoms with E-state index in [-0.39, 0.29) is 4.90 Å². The second-order valence-electron chi connectivity index (χ2n) is 8.37. The van der Waals surface area contributed by atoms with Gasteiger partial charge in [0.1, 0.15) is 11.6 Å². The normalized spacial score (nSPS) is 11.3. The summed E-state index contributed by atoms with van der Waals surface area (Å²) in [5, 5.41) is 11.9. The maximum Gasteiger partial charge on any atom is 0.264 e. The van der Waals surface area contributed by atoms with Crippen LogP contribution in [0, 0.1) is 27.7 Å². The number of anilines is 2. The molecule has 0 aliphatic carbocycles. The van der Waals surface area contributed by atoms with Crippen LogP contribution in [0.5, 0.6) is 0 Å². The smallest absolute Gasteiger partial charge is 0.264 e. The number of aryl methyl sites for hydroxylation is 3. The van der Waals surface area contributed by atoms with Gasteiger partial charge >= 0.3 is 0 Å². The lowest BCUT2D eigenvalue weighted by atomic mass is 10.1. The number of sulfonamides is 1. The number of carbonyl (C=O) groups is 1. The van der Waals surface area contributed by atoms with Gasteiger partial charge in [0.2, 0.25) is 11.0 Å². The van der Waals surface area contributed by atoms with E-state index < -0.39 is 22.5 Å². The van der Waals surface area contributed by atoms with Gasteiger partial charge < -0.3 is 0 Å². The Morgan fingerprint density at radius 3 is 2.17 bits per heavy atom. The Balaban J connectivity index is 1.62. The van der Waals surface area contributed by atoms with E-state index in [4.69, 9.17) is 0 Å². The predicted octanol–water partition coefficient (Wildman–Crippen LogP) is 5.27. The van der Waals surface area contributed by atoms with Gasteiger partial charge in [-0.15, -0.1) is 10.2 Å². The molecule has 0 atom stereocenters. The van der Waals surface area contributed by atoms with Gasteiger partial charge in [-0.05, 0) is 57.0 Å². The summed E-state index contributed by atoms with van der Waals surface area (Å²) in [5.74, 6) is -0.506. The minimum Gasteiger partial charge on any atom is -0.299 e. The first kappa shape index (κ1) is 24.6. The zero-order chi connectivity index (χ0) is 25.2. The van der Waals surface area contributed by atoms with Crippen molar-refractivity contribution in [1.82, 2.24) is 10.2 Å². The minimum atomic E-state index is -4.00. The highest BCUT2D eigenvalue weighted by Crippen LogP contribution is 2.30. The summed E-state index contributed by atoms with van der Waals surface area (Å²) < 4.78 is 28.4. The van der Waals surface area contributed by atoms with Crippen molar-refractivity contribution in [3.63, 3.8) is 0 Å². The molecule has 9 heteroatoms. The summed E-state index contributed by atoms with van der Waals surface area (Å²) in [5.41, 5.74) is 5.15. The van der Waals surface area contributed by atoms with Gasteiger partial charge in [0.05, 0.1) is 10.6 Å². The van der Waals surface area contributed by atoms with E-state index in [1.54, 1.807) is 36.4 Å². The van der Waals surface area contributed by atoms with E-state index in [9.17, 15) is 13.2 Å². The lowest BCUT2D eigenvalue weighted by Crippen LogP contribution is -2.38. The Bertz CT molecular complexity index is 1460. The van der Waals surface area contributed by atoms with Crippen molar-refractivity contribution in [3.05, 3.63) is 89.0 Å². The van der Waals surface area contributed by atoms with Crippen molar-refractivity contribution in [3.8, 4) is 10.6 Å². The molecule has 180 valence electrons. The largest absolute Gasteiger partial charge is 0.299 e. The third-order valence-corrected chi connectivity index (χ3v) is 8.37. The SMILES string of the molecule is Cc1ccc(-c2nnc(NC(=O)CN(c3cccc(C)c3C)S(=O)(=O)c3ccc(C)cc3)s2)cc1. The topological polar surface area (TPSA) is 92.3 Å². The maximum atomic E-state index is 13.6. The number of rotatable bonds is 7. The first-order valence-corrected chi connectivity index (χ1v) is 13.3. The highest BCUT2D eigenvalue weighted by Gasteiger charge is 2.29. The van der Waals surface area contributed by atoms with Crippen LogP contribution in [0.1, 0.15) is 22.3 Å². The molecule has 0 saturated carbocycles. The summed E-state index contributed by atoms with van der Waals surface area (Å²) in [6, 6.07) is 19.8. The van der Waals surface area contributed by atoms with Crippen LogP contribution >= 0.6 is 11.3 Å². The number of carbonyl (C=O) groups excluding carboxylic acids is 1. The number of hydrogen-bond acceptors (Lipinski definition) is 6. The van der Waals surface area contributed by atoms with Gasteiger partial charge in [-0.1, -0.05) is 71.0 Å². The Hall–Kier alpha value is -3.56. The molecular weight excluding hydrogens is 480 g/mol. The van der Waals surface area contributed by atoms with E-state index in [2.05, 4.69) is 15.5 Å². The average molecular weight is 507 g/mol. The van der Waals surface area contributed by atoms with Gasteiger partial charge in [-0.25, -0.2) is 8.42 Å². The Labute approximate surface area is 209 Å². The van der Waals surface area contributed by atoms with Crippen LogP contribution in [-0.2, 0) is 14.8 Å². The van der Waals surface area contributed by atoms with Crippen molar-refractivity contribution in [2.45, 2.75) is 32.6 Å². The van der Waals surface area contributed by atoms with Crippen LogP contribution in [0.3, 0.4) is 0 Å². The molecule has 0 radical (unpaired) electrons. The third-order valence-electron chi connectivity index (χ3n) is 5.71. The molecule has 0 bridgehead atoms. The molecule has 35 heavy (non-hydrogen) atoms. The monoisotopic (exact) mass is 506 g/mol. The number of aromatic nitrogens is 2. The third kappa shape index (κ3) is 5.41. The van der Waals surface area contributed by atoms with E-state index in [1.165, 1.54) is 11.3 Å². The van der Waals surface area contributed by atoms with E-state index >= 15 is 0 Å². The molecule has 0 aliphatic heterocycles. The molecule has 3 aromatic carbocycles. The Morgan fingerprint density at radius 1 is 0.886 bits per heavy atom. The molecule has 1 N–H and O–H groups in total. The Kier molecular flexibility index (Phi) is 7.00. The lowest BCUT2D eigenvalue weighted by molar-refractivity contribution is -0.114. The molecule has 0 fully saturated rings. The number of hydrogen-bond donors (Lipinski definition) is 1. The highest BCUT2D eigenvalue weighted by atomic mass is 32.2. The summed E-state index contributed by atoms with van der Waals surface area (Å²) in [7, 11) is -4.00. The van der Waals surface area contributed by atoms with E-state index in [0.717, 1.165) is 32.1 Å². The first-order chi connectivity index (χ1) is 16.6. The van der Waals surface area contributed by atoms with Crippen molar-refractivity contribution < 1.29 is 13.2 Å². The molecule has 1 amide bonds. The van der Waals surface area contributed by atoms with Gasteiger partial charge in [0.15, 0.2) is 0 Å². The minimum absolute atomic E-state index is 0.120. The second kappa shape index (κ2) is 9.97.